The Balaban J connectivity index is -0.000000192. The summed E-state index contributed by atoms with van der Waals surface area (Å²) in [6, 6.07) is -3.33. The largest absolute Gasteiger partial charge is 0.390 e. The summed E-state index contributed by atoms with van der Waals surface area (Å²) in [7, 11) is -1.29. The van der Waals surface area contributed by atoms with Crippen molar-refractivity contribution in [3.63, 3.8) is 0 Å². The lowest BCUT2D eigenvalue weighted by Crippen LogP contribution is -2.46. The number of aliphatic hydroxyl groups excluding tert-OH is 8. The van der Waals surface area contributed by atoms with Gasteiger partial charge in [0, 0.05) is 192 Å². The van der Waals surface area contributed by atoms with Crippen LogP contribution in [0.5, 0.6) is 0 Å². The van der Waals surface area contributed by atoms with Gasteiger partial charge in [-0.25, -0.2) is 50.9 Å². The quantitative estimate of drug-likeness (QED) is 0.0277. The zero-order chi connectivity index (χ0) is 94.1. The summed E-state index contributed by atoms with van der Waals surface area (Å²) in [5, 5.41) is 96.8. The van der Waals surface area contributed by atoms with Gasteiger partial charge in [0.25, 0.3) is 0 Å². The van der Waals surface area contributed by atoms with E-state index in [1.807, 2.05) is 0 Å². The molecule has 12 amide bonds. The van der Waals surface area contributed by atoms with E-state index in [9.17, 15) is 132 Å². The molecule has 0 aromatic heterocycles. The fourth-order valence-corrected chi connectivity index (χ4v) is 9.53. The number of amides is 12. The van der Waals surface area contributed by atoms with E-state index >= 15 is 0 Å². The van der Waals surface area contributed by atoms with Crippen LogP contribution in [-0.4, -0.2) is 413 Å². The second-order valence-corrected chi connectivity index (χ2v) is 36.6. The van der Waals surface area contributed by atoms with E-state index < -0.39 is 113 Å². The highest BCUT2D eigenvalue weighted by Crippen LogP contribution is 2.06. The first-order chi connectivity index (χ1) is 51.9. The number of hydrogen-bond acceptors (Lipinski definition) is 28. The Morgan fingerprint density at radius 2 is 0.302 bits per heavy atom. The lowest BCUT2D eigenvalue weighted by Gasteiger charge is -2.24. The van der Waals surface area contributed by atoms with E-state index in [1.54, 1.807) is 83.6 Å². The van der Waals surface area contributed by atoms with Gasteiger partial charge in [-0.15, -0.1) is 0 Å². The van der Waals surface area contributed by atoms with Gasteiger partial charge in [0.1, 0.15) is 0 Å². The van der Waals surface area contributed by atoms with Crippen molar-refractivity contribution in [1.82, 2.24) is 79.4 Å². The maximum absolute atomic E-state index is 11.0. The van der Waals surface area contributed by atoms with Crippen molar-refractivity contribution >= 4 is 111 Å². The number of nitrogens with zero attached hydrogens (tertiary/aromatic N) is 8. The lowest BCUT2D eigenvalue weighted by molar-refractivity contribution is -0.130. The Morgan fingerprint density at radius 3 is 0.371 bits per heavy atom. The number of rotatable bonds is 36. The molecular formula is C68H144N16O28S4. The van der Waals surface area contributed by atoms with Crippen LogP contribution in [-0.2, 0) is 97.6 Å². The molecule has 0 bridgehead atoms. The Bertz CT molecular complexity index is 3010. The first kappa shape index (κ1) is 125. The molecule has 0 rings (SSSR count). The van der Waals surface area contributed by atoms with Crippen molar-refractivity contribution in [2.24, 2.45) is 0 Å². The molecule has 0 spiro atoms. The number of nitrogens with one attached hydrogen (secondary N) is 8. The molecule has 0 heterocycles. The summed E-state index contributed by atoms with van der Waals surface area (Å²) in [6.07, 6.45) is -2.43. The van der Waals surface area contributed by atoms with E-state index in [2.05, 4.69) is 42.5 Å². The van der Waals surface area contributed by atoms with Crippen molar-refractivity contribution in [3.8, 4) is 0 Å². The van der Waals surface area contributed by atoms with Gasteiger partial charge in [0.2, 0.25) is 111 Å². The third-order valence-electron chi connectivity index (χ3n) is 16.1. The minimum Gasteiger partial charge on any atom is -0.390 e. The minimum absolute atomic E-state index is 0.0414. The fraction of sp³-hybridized carbons (Fsp3) is 0.824. The van der Waals surface area contributed by atoms with E-state index in [0.717, 1.165) is 42.2 Å². The molecule has 0 radical (unpaired) electrons. The van der Waals surface area contributed by atoms with Crippen molar-refractivity contribution in [3.05, 3.63) is 0 Å². The number of carbonyl (C=O) groups is 12. The van der Waals surface area contributed by atoms with Crippen LogP contribution in [0.25, 0.3) is 0 Å². The smallest absolute Gasteiger partial charge is 0.219 e. The molecule has 16 unspecified atom stereocenters. The monoisotopic (exact) mass is 1760 g/mol. The second kappa shape index (κ2) is 62.2. The van der Waals surface area contributed by atoms with Crippen molar-refractivity contribution < 1.29 is 132 Å². The number of aliphatic hydroxyl groups is 8. The van der Waals surface area contributed by atoms with Crippen molar-refractivity contribution in [2.75, 3.05) is 134 Å². The molecule has 48 heteroatoms. The standard InChI is InChI=1S/4C9H18N2O3.4C8H18N2O4S/c4*1-6(10-7(2)12)9(14)5-11(4)8(3)13;4*1-6(9-7(2)11)8(12)5-10(3)15(4,13)14/h4*6,9,14H,5H2,1-4H3,(H,10,12);4*6,8,12H,5H2,1-4H3,(H,9,11). The SMILES string of the molecule is CC(=O)NC(C)C(O)CN(C)C(C)=O.CC(=O)NC(C)C(O)CN(C)C(C)=O.CC(=O)NC(C)C(O)CN(C)C(C)=O.CC(=O)NC(C)C(O)CN(C)C(C)=O.CC(=O)NC(C)C(O)CN(C)S(C)(=O)=O.CC(=O)NC(C)C(O)CN(C)S(C)(=O)=O.CC(=O)NC(C)C(O)CN(C)S(C)(=O)=O.CC(=O)NC(C)C(O)CN(C)S(C)(=O)=O. The molecule has 0 saturated heterocycles. The molecule has 0 aliphatic carbocycles. The third-order valence-corrected chi connectivity index (χ3v) is 21.2. The normalized spacial score (nSPS) is 15.3. The Morgan fingerprint density at radius 1 is 0.216 bits per heavy atom. The molecule has 0 aliphatic heterocycles. The molecule has 0 aromatic rings. The van der Waals surface area contributed by atoms with Crippen molar-refractivity contribution in [2.45, 2.75) is 236 Å². The fourth-order valence-electron chi connectivity index (χ4n) is 7.83. The van der Waals surface area contributed by atoms with Crippen molar-refractivity contribution in [1.29, 1.82) is 0 Å². The van der Waals surface area contributed by atoms with Crippen LogP contribution in [0, 0.1) is 0 Å². The van der Waals surface area contributed by atoms with Gasteiger partial charge in [-0.05, 0) is 55.4 Å². The molecule has 0 aromatic carbocycles. The number of likely N-dealkylation sites (N-methyl/N-ethyl adjacent to an activating group) is 8. The first-order valence-corrected chi connectivity index (χ1v) is 43.5. The molecule has 16 N–H and O–H groups in total. The maximum atomic E-state index is 11.0. The summed E-state index contributed by atoms with van der Waals surface area (Å²) >= 11 is 0. The number of sulfonamides is 4. The molecule has 0 saturated carbocycles. The average Bonchev–Trinajstić information content (AvgIpc) is 0.899. The zero-order valence-electron chi connectivity index (χ0n) is 73.8. The predicted octanol–water partition coefficient (Wildman–Crippen LogP) is -7.55. The maximum Gasteiger partial charge on any atom is 0.219 e. The van der Waals surface area contributed by atoms with Gasteiger partial charge in [-0.1, -0.05) is 0 Å². The Labute approximate surface area is 688 Å². The minimum atomic E-state index is -3.30. The molecule has 688 valence electrons. The average molecular weight is 1760 g/mol. The van der Waals surface area contributed by atoms with Gasteiger partial charge in [-0.3, -0.25) is 57.5 Å². The third kappa shape index (κ3) is 72.2. The number of hydrogen-bond donors (Lipinski definition) is 16. The van der Waals surface area contributed by atoms with E-state index in [-0.39, 0.29) is 147 Å². The Hall–Kier alpha value is -7.04. The second-order valence-electron chi connectivity index (χ2n) is 28.2. The molecular weight excluding hydrogens is 1620 g/mol. The van der Waals surface area contributed by atoms with Crippen LogP contribution in [0.2, 0.25) is 0 Å². The summed E-state index contributed by atoms with van der Waals surface area (Å²) in [5.41, 5.74) is 0. The summed E-state index contributed by atoms with van der Waals surface area (Å²) in [5.74, 6) is -2.26. The highest BCUT2D eigenvalue weighted by atomic mass is 32.2. The highest BCUT2D eigenvalue weighted by molar-refractivity contribution is 7.89. The van der Waals surface area contributed by atoms with Crippen LogP contribution in [0.15, 0.2) is 0 Å². The molecule has 44 nitrogen and oxygen atoms in total. The van der Waals surface area contributed by atoms with Gasteiger partial charge in [0.05, 0.1) is 122 Å². The molecule has 0 fully saturated rings. The highest BCUT2D eigenvalue weighted by Gasteiger charge is 2.27. The Kier molecular flexibility index (Phi) is 66.8. The predicted molar refractivity (Wildman–Crippen MR) is 437 cm³/mol. The zero-order valence-corrected chi connectivity index (χ0v) is 77.1. The van der Waals surface area contributed by atoms with Crippen LogP contribution in [0.3, 0.4) is 0 Å². The summed E-state index contributed by atoms with van der Waals surface area (Å²) in [4.78, 5) is 134. The van der Waals surface area contributed by atoms with Crippen LogP contribution in [0.4, 0.5) is 0 Å². The van der Waals surface area contributed by atoms with E-state index in [1.165, 1.54) is 131 Å². The molecule has 16 atom stereocenters. The van der Waals surface area contributed by atoms with Gasteiger partial charge in [0.15, 0.2) is 0 Å². The van der Waals surface area contributed by atoms with Gasteiger partial charge in [-0.2, -0.15) is 0 Å². The van der Waals surface area contributed by atoms with Crippen LogP contribution < -0.4 is 42.5 Å². The summed E-state index contributed by atoms with van der Waals surface area (Å²) in [6.45, 7) is 30.5. The van der Waals surface area contributed by atoms with Gasteiger partial charge < -0.3 is 103 Å². The topological polar surface area (TPSA) is 625 Å². The van der Waals surface area contributed by atoms with Crippen LogP contribution >= 0.6 is 0 Å². The lowest BCUT2D eigenvalue weighted by atomic mass is 10.2. The van der Waals surface area contributed by atoms with E-state index in [0.29, 0.717) is 0 Å². The molecule has 116 heavy (non-hydrogen) atoms. The van der Waals surface area contributed by atoms with Crippen LogP contribution in [0.1, 0.15) is 138 Å². The summed E-state index contributed by atoms with van der Waals surface area (Å²) < 4.78 is 92.5. The molecule has 0 aliphatic rings. The van der Waals surface area contributed by atoms with Gasteiger partial charge >= 0.3 is 0 Å². The first-order valence-electron chi connectivity index (χ1n) is 36.1. The number of carbonyl (C=O) groups excluding carboxylic acids is 12. The van der Waals surface area contributed by atoms with E-state index in [4.69, 9.17) is 0 Å².